The van der Waals surface area contributed by atoms with Crippen molar-refractivity contribution in [3.8, 4) is 5.82 Å². The molecule has 78 valence electrons. The molecule has 8 heteroatoms. The monoisotopic (exact) mass is 264 g/mol. The summed E-state index contributed by atoms with van der Waals surface area (Å²) in [7, 11) is 0. The lowest BCUT2D eigenvalue weighted by atomic mass is 10.5. The Balaban J connectivity index is 2.65. The first-order chi connectivity index (χ1) is 7.09. The van der Waals surface area contributed by atoms with Crippen molar-refractivity contribution in [2.45, 2.75) is 0 Å². The molecular weight excluding hydrogens is 262 g/mol. The van der Waals surface area contributed by atoms with Crippen LogP contribution in [-0.2, 0) is 0 Å². The molecule has 0 bridgehead atoms. The van der Waals surface area contributed by atoms with Crippen LogP contribution >= 0.6 is 34.8 Å². The van der Waals surface area contributed by atoms with Crippen LogP contribution in [0, 0.1) is 0 Å². The zero-order valence-electron chi connectivity index (χ0n) is 7.04. The molecular formula is C7H3Cl3N4O. The zero-order valence-corrected chi connectivity index (χ0v) is 9.31. The summed E-state index contributed by atoms with van der Waals surface area (Å²) in [6.45, 7) is 0. The van der Waals surface area contributed by atoms with Gasteiger partial charge in [0.2, 0.25) is 11.2 Å². The Morgan fingerprint density at radius 2 is 2.07 bits per heavy atom. The third-order valence-corrected chi connectivity index (χ3v) is 2.55. The van der Waals surface area contributed by atoms with Crippen molar-refractivity contribution in [1.82, 2.24) is 20.0 Å². The van der Waals surface area contributed by atoms with Gasteiger partial charge in [0.05, 0.1) is 17.4 Å². The molecule has 0 aliphatic carbocycles. The third kappa shape index (κ3) is 1.86. The maximum atomic E-state index is 11.6. The lowest BCUT2D eigenvalue weighted by Crippen LogP contribution is -2.16. The molecule has 5 nitrogen and oxygen atoms in total. The second-order valence-electron chi connectivity index (χ2n) is 2.61. The molecule has 2 heterocycles. The molecule has 2 aromatic rings. The van der Waals surface area contributed by atoms with E-state index in [4.69, 9.17) is 34.8 Å². The topological polar surface area (TPSA) is 63.6 Å². The first-order valence-electron chi connectivity index (χ1n) is 3.74. The summed E-state index contributed by atoms with van der Waals surface area (Å²) in [5, 5.41) is 10.2. The van der Waals surface area contributed by atoms with Gasteiger partial charge in [-0.05, 0) is 0 Å². The Morgan fingerprint density at radius 1 is 1.33 bits per heavy atom. The van der Waals surface area contributed by atoms with E-state index < -0.39 is 5.43 Å². The number of hydrogen-bond donors (Lipinski definition) is 1. The lowest BCUT2D eigenvalue weighted by molar-refractivity contribution is 0.805. The van der Waals surface area contributed by atoms with Gasteiger partial charge in [-0.25, -0.2) is 4.68 Å². The molecule has 1 N–H and O–H groups in total. The Bertz CT molecular complexity index is 562. The van der Waals surface area contributed by atoms with Gasteiger partial charge in [-0.2, -0.15) is 10.2 Å². The largest absolute Gasteiger partial charge is 0.284 e. The molecule has 0 saturated carbocycles. The minimum absolute atomic E-state index is 0.0105. The van der Waals surface area contributed by atoms with Gasteiger partial charge in [-0.15, -0.1) is 0 Å². The van der Waals surface area contributed by atoms with Gasteiger partial charge in [0.1, 0.15) is 10.2 Å². The highest BCUT2D eigenvalue weighted by Gasteiger charge is 2.12. The van der Waals surface area contributed by atoms with Crippen LogP contribution in [0.4, 0.5) is 0 Å². The van der Waals surface area contributed by atoms with E-state index in [0.29, 0.717) is 5.02 Å². The lowest BCUT2D eigenvalue weighted by Gasteiger charge is -2.00. The average molecular weight is 265 g/mol. The second kappa shape index (κ2) is 3.84. The predicted molar refractivity (Wildman–Crippen MR) is 57.0 cm³/mol. The first-order valence-corrected chi connectivity index (χ1v) is 4.87. The number of aromatic nitrogens is 4. The van der Waals surface area contributed by atoms with E-state index in [1.165, 1.54) is 17.1 Å². The fourth-order valence-electron chi connectivity index (χ4n) is 0.972. The predicted octanol–water partition coefficient (Wildman–Crippen LogP) is 1.92. The molecule has 0 radical (unpaired) electrons. The Morgan fingerprint density at radius 3 is 2.67 bits per heavy atom. The number of H-pyrrole nitrogens is 1. The Labute approximate surface area is 98.6 Å². The summed E-state index contributed by atoms with van der Waals surface area (Å²) in [6, 6.07) is 0. The molecule has 0 fully saturated rings. The smallest absolute Gasteiger partial charge is 0.246 e. The van der Waals surface area contributed by atoms with Crippen LogP contribution in [0.2, 0.25) is 15.2 Å². The molecule has 2 aromatic heterocycles. The molecule has 0 aliphatic heterocycles. The van der Waals surface area contributed by atoms with Crippen molar-refractivity contribution in [2.24, 2.45) is 0 Å². The van der Waals surface area contributed by atoms with Gasteiger partial charge >= 0.3 is 0 Å². The molecule has 0 aliphatic rings. The van der Waals surface area contributed by atoms with Crippen LogP contribution in [0.25, 0.3) is 5.82 Å². The first kappa shape index (κ1) is 10.5. The highest BCUT2D eigenvalue weighted by Crippen LogP contribution is 2.14. The van der Waals surface area contributed by atoms with Crippen molar-refractivity contribution in [3.05, 3.63) is 37.8 Å². The molecule has 0 aromatic carbocycles. The summed E-state index contributed by atoms with van der Waals surface area (Å²) < 4.78 is 1.21. The second-order valence-corrected chi connectivity index (χ2v) is 3.80. The van der Waals surface area contributed by atoms with Gasteiger partial charge in [-0.3, -0.25) is 9.89 Å². The van der Waals surface area contributed by atoms with Crippen molar-refractivity contribution >= 4 is 34.8 Å². The van der Waals surface area contributed by atoms with Crippen LogP contribution in [-0.4, -0.2) is 20.0 Å². The number of rotatable bonds is 1. The summed E-state index contributed by atoms with van der Waals surface area (Å²) >= 11 is 16.9. The number of nitrogens with zero attached hydrogens (tertiary/aromatic N) is 3. The van der Waals surface area contributed by atoms with Crippen molar-refractivity contribution in [1.29, 1.82) is 0 Å². The molecule has 0 unspecified atom stereocenters. The fraction of sp³-hybridized carbons (Fsp3) is 0. The number of halogens is 3. The highest BCUT2D eigenvalue weighted by molar-refractivity contribution is 6.41. The summed E-state index contributed by atoms with van der Waals surface area (Å²) in [4.78, 5) is 11.6. The summed E-state index contributed by atoms with van der Waals surface area (Å²) in [5.74, 6) is 0.0105. The zero-order chi connectivity index (χ0) is 11.0. The van der Waals surface area contributed by atoms with E-state index in [-0.39, 0.29) is 16.0 Å². The van der Waals surface area contributed by atoms with Gasteiger partial charge in [0.25, 0.3) is 0 Å². The summed E-state index contributed by atoms with van der Waals surface area (Å²) in [6.07, 6.45) is 2.81. The number of aromatic amines is 1. The van der Waals surface area contributed by atoms with Gasteiger partial charge < -0.3 is 0 Å². The van der Waals surface area contributed by atoms with E-state index in [9.17, 15) is 4.79 Å². The maximum absolute atomic E-state index is 11.6. The van der Waals surface area contributed by atoms with Crippen LogP contribution in [0.5, 0.6) is 0 Å². The SMILES string of the molecule is O=c1c(-n2cc(Cl)cn2)n[nH]c(Cl)c1Cl. The van der Waals surface area contributed by atoms with Gasteiger partial charge in [0.15, 0.2) is 0 Å². The Kier molecular flexibility index (Phi) is 2.68. The number of nitrogens with one attached hydrogen (secondary N) is 1. The van der Waals surface area contributed by atoms with Crippen molar-refractivity contribution in [2.75, 3.05) is 0 Å². The van der Waals surface area contributed by atoms with Crippen LogP contribution in [0.15, 0.2) is 17.2 Å². The van der Waals surface area contributed by atoms with E-state index in [1.807, 2.05) is 0 Å². The van der Waals surface area contributed by atoms with Crippen LogP contribution in [0.3, 0.4) is 0 Å². The van der Waals surface area contributed by atoms with Crippen LogP contribution < -0.4 is 5.43 Å². The fourth-order valence-corrected chi connectivity index (χ4v) is 1.36. The molecule has 0 saturated heterocycles. The molecule has 0 amide bonds. The maximum Gasteiger partial charge on any atom is 0.246 e. The Hall–Kier alpha value is -1.04. The minimum Gasteiger partial charge on any atom is -0.284 e. The van der Waals surface area contributed by atoms with Crippen LogP contribution in [0.1, 0.15) is 0 Å². The normalized spacial score (nSPS) is 10.6. The molecule has 2 rings (SSSR count). The third-order valence-electron chi connectivity index (χ3n) is 1.62. The van der Waals surface area contributed by atoms with Gasteiger partial charge in [0, 0.05) is 0 Å². The van der Waals surface area contributed by atoms with Crippen molar-refractivity contribution < 1.29 is 0 Å². The molecule has 0 atom stereocenters. The van der Waals surface area contributed by atoms with Gasteiger partial charge in [-0.1, -0.05) is 34.8 Å². The summed E-state index contributed by atoms with van der Waals surface area (Å²) in [5.41, 5.74) is -0.514. The molecule has 15 heavy (non-hydrogen) atoms. The standard InChI is InChI=1S/C7H3Cl3N4O/c8-3-1-11-14(2-3)7-5(15)4(9)6(10)12-13-7/h1-2H,(H,12,15). The molecule has 0 spiro atoms. The van der Waals surface area contributed by atoms with Crippen molar-refractivity contribution in [3.63, 3.8) is 0 Å². The van der Waals surface area contributed by atoms with E-state index in [1.54, 1.807) is 0 Å². The van der Waals surface area contributed by atoms with E-state index >= 15 is 0 Å². The minimum atomic E-state index is -0.514. The number of hydrogen-bond acceptors (Lipinski definition) is 3. The van der Waals surface area contributed by atoms with E-state index in [0.717, 1.165) is 0 Å². The highest BCUT2D eigenvalue weighted by atomic mass is 35.5. The quantitative estimate of drug-likeness (QED) is 0.857. The van der Waals surface area contributed by atoms with E-state index in [2.05, 4.69) is 15.3 Å². The average Bonchev–Trinajstić information content (AvgIpc) is 2.61.